The number of rotatable bonds is 7. The Morgan fingerprint density at radius 1 is 1.21 bits per heavy atom. The Balaban J connectivity index is 0.00000193. The zero-order valence-electron chi connectivity index (χ0n) is 18.5. The van der Waals surface area contributed by atoms with Crippen molar-refractivity contribution >= 4 is 36.5 Å². The van der Waals surface area contributed by atoms with Gasteiger partial charge in [0.1, 0.15) is 24.0 Å². The summed E-state index contributed by atoms with van der Waals surface area (Å²) in [5.41, 5.74) is 5.76. The Bertz CT molecular complexity index is 909. The van der Waals surface area contributed by atoms with E-state index in [1.807, 2.05) is 23.1 Å². The lowest BCUT2D eigenvalue weighted by atomic mass is 9.77. The van der Waals surface area contributed by atoms with Gasteiger partial charge in [0, 0.05) is 32.9 Å². The number of hydrogen-bond donors (Lipinski definition) is 2. The van der Waals surface area contributed by atoms with Crippen molar-refractivity contribution in [3.8, 4) is 5.75 Å². The average Bonchev–Trinajstić information content (AvgIpc) is 3.20. The number of pyridine rings is 1. The molecule has 1 aromatic carbocycles. The third kappa shape index (κ3) is 6.26. The van der Waals surface area contributed by atoms with E-state index in [0.717, 1.165) is 18.7 Å². The quantitative estimate of drug-likeness (QED) is 0.605. The third-order valence-corrected chi connectivity index (χ3v) is 6.25. The van der Waals surface area contributed by atoms with E-state index in [2.05, 4.69) is 10.3 Å². The van der Waals surface area contributed by atoms with Gasteiger partial charge in [-0.25, -0.2) is 9.37 Å². The average molecular weight is 501 g/mol. The highest BCUT2D eigenvalue weighted by Crippen LogP contribution is 2.39. The summed E-state index contributed by atoms with van der Waals surface area (Å²) >= 11 is 0. The molecule has 10 heteroatoms. The third-order valence-electron chi connectivity index (χ3n) is 6.25. The van der Waals surface area contributed by atoms with Gasteiger partial charge in [-0.1, -0.05) is 6.07 Å². The number of carbonyl (C=O) groups is 1. The highest BCUT2D eigenvalue weighted by molar-refractivity contribution is 5.97. The summed E-state index contributed by atoms with van der Waals surface area (Å²) in [6.07, 6.45) is 3.53. The van der Waals surface area contributed by atoms with Crippen LogP contribution in [-0.4, -0.2) is 61.3 Å². The number of amides is 1. The number of benzene rings is 1. The van der Waals surface area contributed by atoms with Crippen LogP contribution in [0.3, 0.4) is 0 Å². The molecular weight excluding hydrogens is 470 g/mol. The lowest BCUT2D eigenvalue weighted by Crippen LogP contribution is -2.44. The Labute approximate surface area is 206 Å². The van der Waals surface area contributed by atoms with Crippen LogP contribution in [0.5, 0.6) is 5.75 Å². The van der Waals surface area contributed by atoms with Crippen molar-refractivity contribution in [3.05, 3.63) is 54.0 Å². The Kier molecular flexibility index (Phi) is 10.2. The van der Waals surface area contributed by atoms with Crippen molar-refractivity contribution < 1.29 is 18.7 Å². The van der Waals surface area contributed by atoms with E-state index < -0.39 is 5.82 Å². The minimum atomic E-state index is -0.459. The highest BCUT2D eigenvalue weighted by Gasteiger charge is 2.44. The highest BCUT2D eigenvalue weighted by atomic mass is 35.5. The summed E-state index contributed by atoms with van der Waals surface area (Å²) in [4.78, 5) is 19.4. The molecule has 182 valence electrons. The number of halogens is 3. The first-order chi connectivity index (χ1) is 15.1. The molecule has 0 bridgehead atoms. The second-order valence-corrected chi connectivity index (χ2v) is 8.22. The first-order valence-electron chi connectivity index (χ1n) is 10.7. The number of nitrogens with zero attached hydrogens (tertiary/aromatic N) is 2. The van der Waals surface area contributed by atoms with E-state index in [0.29, 0.717) is 37.2 Å². The molecule has 1 amide bonds. The maximum Gasteiger partial charge on any atom is 0.257 e. The van der Waals surface area contributed by atoms with Crippen LogP contribution in [0.2, 0.25) is 0 Å². The monoisotopic (exact) mass is 500 g/mol. The minimum absolute atomic E-state index is 0. The zero-order valence-corrected chi connectivity index (χ0v) is 20.1. The van der Waals surface area contributed by atoms with Crippen molar-refractivity contribution in [1.82, 2.24) is 9.88 Å². The van der Waals surface area contributed by atoms with Crippen LogP contribution in [0.1, 0.15) is 23.2 Å². The topological polar surface area (TPSA) is 89.7 Å². The number of nitrogens with one attached hydrogen (secondary N) is 1. The fourth-order valence-electron chi connectivity index (χ4n) is 4.76. The van der Waals surface area contributed by atoms with Gasteiger partial charge in [-0.3, -0.25) is 4.79 Å². The molecule has 3 N–H and O–H groups in total. The van der Waals surface area contributed by atoms with Gasteiger partial charge in [0.15, 0.2) is 0 Å². The largest absolute Gasteiger partial charge is 0.491 e. The first-order valence-corrected chi connectivity index (χ1v) is 10.7. The summed E-state index contributed by atoms with van der Waals surface area (Å²) in [5, 5.41) is 3.49. The molecule has 4 rings (SSSR count). The Morgan fingerprint density at radius 3 is 2.64 bits per heavy atom. The SMILES string of the molecule is CO[C@@H]1C[C@H]2CN(C(=O)c3cc(F)ccc3OCCN)C[C@H]2C[C@H]1Nc1ccccn1.Cl.Cl. The van der Waals surface area contributed by atoms with Gasteiger partial charge >= 0.3 is 0 Å². The predicted molar refractivity (Wildman–Crippen MR) is 130 cm³/mol. The number of aromatic nitrogens is 1. The van der Waals surface area contributed by atoms with Crippen molar-refractivity contribution in [2.24, 2.45) is 17.6 Å². The van der Waals surface area contributed by atoms with Gasteiger partial charge in [-0.05, 0) is 55.0 Å². The van der Waals surface area contributed by atoms with Crippen LogP contribution < -0.4 is 15.8 Å². The van der Waals surface area contributed by atoms with Crippen molar-refractivity contribution in [2.75, 3.05) is 38.7 Å². The molecule has 1 saturated carbocycles. The molecule has 4 atom stereocenters. The molecular formula is C23H31Cl2FN4O3. The van der Waals surface area contributed by atoms with E-state index in [-0.39, 0.29) is 55.0 Å². The lowest BCUT2D eigenvalue weighted by Gasteiger charge is -2.37. The van der Waals surface area contributed by atoms with Crippen LogP contribution >= 0.6 is 24.8 Å². The maximum absolute atomic E-state index is 13.9. The summed E-state index contributed by atoms with van der Waals surface area (Å²) in [6, 6.07) is 9.93. The van der Waals surface area contributed by atoms with Gasteiger partial charge in [0.2, 0.25) is 0 Å². The van der Waals surface area contributed by atoms with Crippen molar-refractivity contribution in [3.63, 3.8) is 0 Å². The predicted octanol–water partition coefficient (Wildman–Crippen LogP) is 3.38. The van der Waals surface area contributed by atoms with Gasteiger partial charge < -0.3 is 25.4 Å². The summed E-state index contributed by atoms with van der Waals surface area (Å²) in [7, 11) is 1.73. The fourth-order valence-corrected chi connectivity index (χ4v) is 4.76. The number of nitrogens with two attached hydrogens (primary N) is 1. The van der Waals surface area contributed by atoms with Gasteiger partial charge in [0.05, 0.1) is 17.7 Å². The van der Waals surface area contributed by atoms with E-state index in [4.69, 9.17) is 15.2 Å². The number of hydrogen-bond acceptors (Lipinski definition) is 6. The summed E-state index contributed by atoms with van der Waals surface area (Å²) in [5.74, 6) is 1.22. The molecule has 0 unspecified atom stereocenters. The van der Waals surface area contributed by atoms with E-state index in [9.17, 15) is 9.18 Å². The number of anilines is 1. The molecule has 7 nitrogen and oxygen atoms in total. The molecule has 0 spiro atoms. The summed E-state index contributed by atoms with van der Waals surface area (Å²) in [6.45, 7) is 1.86. The Hall–Kier alpha value is -2.13. The van der Waals surface area contributed by atoms with Crippen LogP contribution in [0.15, 0.2) is 42.6 Å². The maximum atomic E-state index is 13.9. The number of ether oxygens (including phenoxy) is 2. The summed E-state index contributed by atoms with van der Waals surface area (Å²) < 4.78 is 25.2. The van der Waals surface area contributed by atoms with Crippen molar-refractivity contribution in [1.29, 1.82) is 0 Å². The molecule has 33 heavy (non-hydrogen) atoms. The smallest absolute Gasteiger partial charge is 0.257 e. The molecule has 1 aliphatic heterocycles. The van der Waals surface area contributed by atoms with Crippen LogP contribution in [0.4, 0.5) is 10.2 Å². The second-order valence-electron chi connectivity index (χ2n) is 8.22. The molecule has 0 radical (unpaired) electrons. The fraction of sp³-hybridized carbons (Fsp3) is 0.478. The van der Waals surface area contributed by atoms with Gasteiger partial charge in [0.25, 0.3) is 5.91 Å². The molecule has 2 fully saturated rings. The Morgan fingerprint density at radius 2 is 1.97 bits per heavy atom. The van der Waals surface area contributed by atoms with Crippen LogP contribution in [0, 0.1) is 17.7 Å². The molecule has 2 aromatic rings. The number of fused-ring (bicyclic) bond motifs is 1. The molecule has 2 aliphatic rings. The molecule has 1 saturated heterocycles. The normalized spacial score (nSPS) is 23.7. The van der Waals surface area contributed by atoms with Crippen molar-refractivity contribution in [2.45, 2.75) is 25.0 Å². The van der Waals surface area contributed by atoms with Gasteiger partial charge in [-0.2, -0.15) is 0 Å². The zero-order chi connectivity index (χ0) is 21.8. The van der Waals surface area contributed by atoms with Crippen LogP contribution in [0.25, 0.3) is 0 Å². The van der Waals surface area contributed by atoms with Crippen LogP contribution in [-0.2, 0) is 4.74 Å². The van der Waals surface area contributed by atoms with E-state index in [1.54, 1.807) is 13.3 Å². The van der Waals surface area contributed by atoms with Gasteiger partial charge in [-0.15, -0.1) is 24.8 Å². The molecule has 2 heterocycles. The lowest BCUT2D eigenvalue weighted by molar-refractivity contribution is 0.0304. The first kappa shape index (κ1) is 27.1. The minimum Gasteiger partial charge on any atom is -0.491 e. The van der Waals surface area contributed by atoms with E-state index >= 15 is 0 Å². The molecule has 1 aromatic heterocycles. The number of carbonyl (C=O) groups excluding carboxylic acids is 1. The molecule has 1 aliphatic carbocycles. The number of likely N-dealkylation sites (tertiary alicyclic amines) is 1. The standard InChI is InChI=1S/C23H29FN4O3.2ClH/c1-30-21-11-16-14-28(13-15(16)10-19(21)27-22-4-2-3-8-26-22)23(29)18-12-17(24)5-6-20(18)31-9-7-25;;/h2-6,8,12,15-16,19,21H,7,9-11,13-14,25H2,1H3,(H,26,27);2*1H/t15-,16+,19-,21-;;/m1../s1. The number of methoxy groups -OCH3 is 1. The second kappa shape index (κ2) is 12.4. The van der Waals surface area contributed by atoms with E-state index in [1.165, 1.54) is 18.2 Å².